The van der Waals surface area contributed by atoms with E-state index >= 15 is 0 Å². The minimum absolute atomic E-state index is 0.0933. The third kappa shape index (κ3) is 4.94. The molecule has 1 aliphatic rings. The first-order chi connectivity index (χ1) is 12.9. The van der Waals surface area contributed by atoms with Gasteiger partial charge in [-0.1, -0.05) is 6.07 Å². The van der Waals surface area contributed by atoms with Crippen LogP contribution in [0.2, 0.25) is 0 Å². The monoisotopic (exact) mass is 410 g/mol. The van der Waals surface area contributed by atoms with Gasteiger partial charge in [0.1, 0.15) is 21.9 Å². The lowest BCUT2D eigenvalue weighted by molar-refractivity contribution is -0.118. The van der Waals surface area contributed by atoms with Gasteiger partial charge in [-0.15, -0.1) is 0 Å². The molecule has 1 aromatic heterocycles. The lowest BCUT2D eigenvalue weighted by atomic mass is 10.00. The van der Waals surface area contributed by atoms with Gasteiger partial charge in [0.15, 0.2) is 0 Å². The summed E-state index contributed by atoms with van der Waals surface area (Å²) in [4.78, 5) is 24.5. The zero-order valence-electron chi connectivity index (χ0n) is 14.7. The van der Waals surface area contributed by atoms with E-state index in [1.807, 2.05) is 0 Å². The van der Waals surface area contributed by atoms with Crippen LogP contribution in [0.3, 0.4) is 0 Å². The predicted molar refractivity (Wildman–Crippen MR) is 102 cm³/mol. The van der Waals surface area contributed by atoms with E-state index in [1.165, 1.54) is 11.2 Å². The third-order valence-electron chi connectivity index (χ3n) is 4.14. The fraction of sp³-hybridized carbons (Fsp3) is 0.353. The Morgan fingerprint density at radius 2 is 2.11 bits per heavy atom. The van der Waals surface area contributed by atoms with Crippen LogP contribution in [0, 0.1) is 0 Å². The van der Waals surface area contributed by atoms with Crippen LogP contribution in [0.4, 0.5) is 5.69 Å². The van der Waals surface area contributed by atoms with Crippen molar-refractivity contribution < 1.29 is 17.9 Å². The van der Waals surface area contributed by atoms with Crippen molar-refractivity contribution in [2.45, 2.75) is 19.4 Å². The molecule has 8 nitrogen and oxygen atoms in total. The van der Waals surface area contributed by atoms with Crippen LogP contribution in [0.1, 0.15) is 17.7 Å². The highest BCUT2D eigenvalue weighted by Gasteiger charge is 2.27. The first-order valence-electron chi connectivity index (χ1n) is 8.29. The number of aromatic nitrogens is 2. The van der Waals surface area contributed by atoms with Crippen LogP contribution in [0.5, 0.6) is 11.6 Å². The average Bonchev–Trinajstić information content (AvgIpc) is 2.61. The molecule has 0 unspecified atom stereocenters. The van der Waals surface area contributed by atoms with Crippen molar-refractivity contribution in [3.63, 3.8) is 0 Å². The molecule has 3 rings (SSSR count). The summed E-state index contributed by atoms with van der Waals surface area (Å²) in [6.45, 7) is 0.480. The average molecular weight is 411 g/mol. The molecule has 0 saturated heterocycles. The lowest BCUT2D eigenvalue weighted by Crippen LogP contribution is -2.38. The van der Waals surface area contributed by atoms with Gasteiger partial charge in [0, 0.05) is 30.9 Å². The molecule has 144 valence electrons. The number of sulfone groups is 1. The number of nitrogens with one attached hydrogen (secondary N) is 1. The molecule has 10 heteroatoms. The summed E-state index contributed by atoms with van der Waals surface area (Å²) in [5, 5.41) is 0. The molecule has 27 heavy (non-hydrogen) atoms. The Bertz CT molecular complexity index is 952. The van der Waals surface area contributed by atoms with Gasteiger partial charge in [0.25, 0.3) is 0 Å². The van der Waals surface area contributed by atoms with Gasteiger partial charge in [-0.2, -0.15) is 0 Å². The zero-order chi connectivity index (χ0) is 19.4. The maximum absolute atomic E-state index is 12.3. The van der Waals surface area contributed by atoms with Gasteiger partial charge in [0.05, 0.1) is 23.7 Å². The smallest absolute Gasteiger partial charge is 0.227 e. The molecule has 0 bridgehead atoms. The van der Waals surface area contributed by atoms with E-state index < -0.39 is 9.84 Å². The van der Waals surface area contributed by atoms with Gasteiger partial charge < -0.3 is 9.64 Å². The van der Waals surface area contributed by atoms with Crippen LogP contribution >= 0.6 is 11.8 Å². The van der Waals surface area contributed by atoms with Crippen LogP contribution in [-0.4, -0.2) is 42.8 Å². The Kier molecular flexibility index (Phi) is 5.93. The summed E-state index contributed by atoms with van der Waals surface area (Å²) in [7, 11) is -3.18. The van der Waals surface area contributed by atoms with Crippen molar-refractivity contribution in [1.29, 1.82) is 0 Å². The molecule has 1 amide bonds. The van der Waals surface area contributed by atoms with Crippen LogP contribution in [-0.2, 0) is 27.6 Å². The number of amides is 1. The minimum atomic E-state index is -3.18. The number of ether oxygens (including phenoxy) is 1. The van der Waals surface area contributed by atoms with Crippen molar-refractivity contribution in [3.05, 3.63) is 41.9 Å². The second-order valence-electron chi connectivity index (χ2n) is 6.19. The predicted octanol–water partition coefficient (Wildman–Crippen LogP) is 1.84. The number of hydrogen-bond donors (Lipinski definition) is 1. The molecule has 0 fully saturated rings. The van der Waals surface area contributed by atoms with Crippen LogP contribution in [0.15, 0.2) is 30.6 Å². The highest BCUT2D eigenvalue weighted by Crippen LogP contribution is 2.36. The summed E-state index contributed by atoms with van der Waals surface area (Å²) in [6.07, 6.45) is 3.35. The van der Waals surface area contributed by atoms with E-state index in [9.17, 15) is 13.2 Å². The number of nitrogens with zero attached hydrogens (tertiary/aromatic N) is 3. The van der Waals surface area contributed by atoms with Crippen molar-refractivity contribution in [1.82, 2.24) is 14.8 Å². The second kappa shape index (κ2) is 8.20. The quantitative estimate of drug-likeness (QED) is 0.695. The molecule has 2 aromatic rings. The Morgan fingerprint density at radius 1 is 1.30 bits per heavy atom. The topological polar surface area (TPSA) is 101 Å². The maximum atomic E-state index is 12.3. The highest BCUT2D eigenvalue weighted by molar-refractivity contribution is 7.90. The number of halogens is 1. The normalized spacial score (nSPS) is 14.1. The van der Waals surface area contributed by atoms with E-state index in [1.54, 1.807) is 24.3 Å². The number of benzene rings is 1. The molecule has 0 atom stereocenters. The number of anilines is 1. The van der Waals surface area contributed by atoms with E-state index in [2.05, 4.69) is 14.8 Å². The maximum Gasteiger partial charge on any atom is 0.227 e. The molecular formula is C17H19ClN4O4S. The summed E-state index contributed by atoms with van der Waals surface area (Å²) < 4.78 is 28.9. The fourth-order valence-corrected chi connectivity index (χ4v) is 3.52. The Morgan fingerprint density at radius 3 is 2.85 bits per heavy atom. The van der Waals surface area contributed by atoms with Gasteiger partial charge in [0.2, 0.25) is 11.8 Å². The minimum Gasteiger partial charge on any atom is -0.439 e. The molecule has 0 saturated carbocycles. The molecular weight excluding hydrogens is 392 g/mol. The van der Waals surface area contributed by atoms with Gasteiger partial charge in [-0.05, 0) is 30.3 Å². The van der Waals surface area contributed by atoms with Crippen molar-refractivity contribution >= 4 is 33.2 Å². The summed E-state index contributed by atoms with van der Waals surface area (Å²) >= 11 is 5.50. The number of rotatable bonds is 7. The zero-order valence-corrected chi connectivity index (χ0v) is 16.3. The summed E-state index contributed by atoms with van der Waals surface area (Å²) in [5.41, 5.74) is 2.19. The number of fused-ring (bicyclic) bond motifs is 1. The standard InChI is InChI=1S/C17H19ClN4O4S/c1-27(24,25)8-7-22-14-3-2-4-15(13(14)5-6-17(22)23)26-16-9-12(10-21-18)19-11-20-16/h2-4,9,11,21H,5-8,10H2,1H3. The van der Waals surface area contributed by atoms with Crippen molar-refractivity contribution in [2.24, 2.45) is 0 Å². The Hall–Kier alpha value is -2.23. The van der Waals surface area contributed by atoms with Gasteiger partial charge in [-0.25, -0.2) is 23.2 Å². The number of carbonyl (C=O) groups is 1. The fourth-order valence-electron chi connectivity index (χ4n) is 2.87. The number of carbonyl (C=O) groups excluding carboxylic acids is 1. The van der Waals surface area contributed by atoms with Crippen LogP contribution in [0.25, 0.3) is 0 Å². The van der Waals surface area contributed by atoms with E-state index in [-0.39, 0.29) is 18.2 Å². The SMILES string of the molecule is CS(=O)(=O)CCN1C(=O)CCc2c(Oc3cc(CNCl)ncn3)cccc21. The molecule has 1 N–H and O–H groups in total. The first-order valence-corrected chi connectivity index (χ1v) is 10.7. The van der Waals surface area contributed by atoms with E-state index in [0.717, 1.165) is 11.8 Å². The summed E-state index contributed by atoms with van der Waals surface area (Å²) in [6, 6.07) is 7.03. The third-order valence-corrected chi connectivity index (χ3v) is 5.19. The highest BCUT2D eigenvalue weighted by atomic mass is 35.5. The van der Waals surface area contributed by atoms with Gasteiger partial charge >= 0.3 is 0 Å². The molecule has 0 radical (unpaired) electrons. The van der Waals surface area contributed by atoms with E-state index in [0.29, 0.717) is 42.4 Å². The molecule has 0 aliphatic carbocycles. The largest absolute Gasteiger partial charge is 0.439 e. The molecule has 2 heterocycles. The first kappa shape index (κ1) is 19.5. The molecule has 0 spiro atoms. The Labute approximate surface area is 162 Å². The van der Waals surface area contributed by atoms with E-state index in [4.69, 9.17) is 16.5 Å². The second-order valence-corrected chi connectivity index (χ2v) is 8.72. The van der Waals surface area contributed by atoms with Crippen molar-refractivity contribution in [2.75, 3.05) is 23.5 Å². The Balaban J connectivity index is 1.88. The lowest BCUT2D eigenvalue weighted by Gasteiger charge is -2.30. The summed E-state index contributed by atoms with van der Waals surface area (Å²) in [5.74, 6) is 0.748. The van der Waals surface area contributed by atoms with Crippen molar-refractivity contribution in [3.8, 4) is 11.6 Å². The van der Waals surface area contributed by atoms with Crippen LogP contribution < -0.4 is 14.5 Å². The molecule has 1 aliphatic heterocycles. The molecule has 1 aromatic carbocycles. The van der Waals surface area contributed by atoms with Gasteiger partial charge in [-0.3, -0.25) is 4.79 Å². The number of hydrogen-bond acceptors (Lipinski definition) is 7.